The number of ether oxygens (including phenoxy) is 1. The van der Waals surface area contributed by atoms with Crippen LogP contribution in [0.4, 0.5) is 0 Å². The Labute approximate surface area is 186 Å². The third-order valence-corrected chi connectivity index (χ3v) is 7.25. The van der Waals surface area contributed by atoms with Gasteiger partial charge in [-0.05, 0) is 49.2 Å². The van der Waals surface area contributed by atoms with Gasteiger partial charge >= 0.3 is 0 Å². The van der Waals surface area contributed by atoms with E-state index in [1.807, 2.05) is 12.1 Å². The van der Waals surface area contributed by atoms with Crippen LogP contribution in [0.25, 0.3) is 11.4 Å². The van der Waals surface area contributed by atoms with E-state index in [1.165, 1.54) is 4.31 Å². The first-order chi connectivity index (χ1) is 15.5. The quantitative estimate of drug-likeness (QED) is 0.581. The van der Waals surface area contributed by atoms with E-state index < -0.39 is 15.9 Å². The second-order valence-corrected chi connectivity index (χ2v) is 9.41. The Morgan fingerprint density at radius 1 is 1.19 bits per heavy atom. The van der Waals surface area contributed by atoms with Crippen molar-refractivity contribution in [3.8, 4) is 17.1 Å². The molecule has 2 aromatic carbocycles. The van der Waals surface area contributed by atoms with Crippen LogP contribution in [-0.4, -0.2) is 49.0 Å². The highest BCUT2D eigenvalue weighted by molar-refractivity contribution is 7.89. The number of nitrogens with zero attached hydrogens (tertiary/aromatic N) is 3. The van der Waals surface area contributed by atoms with Gasteiger partial charge in [0.2, 0.25) is 27.6 Å². The van der Waals surface area contributed by atoms with Gasteiger partial charge in [0.05, 0.1) is 24.5 Å². The van der Waals surface area contributed by atoms with Gasteiger partial charge in [0.1, 0.15) is 5.75 Å². The molecular formula is C22H24N4O5S. The van der Waals surface area contributed by atoms with Crippen molar-refractivity contribution in [3.63, 3.8) is 0 Å². The smallest absolute Gasteiger partial charge is 0.246 e. The van der Waals surface area contributed by atoms with Crippen LogP contribution in [0.5, 0.6) is 5.75 Å². The van der Waals surface area contributed by atoms with Crippen LogP contribution in [0.1, 0.15) is 18.7 Å². The average molecular weight is 457 g/mol. The van der Waals surface area contributed by atoms with Gasteiger partial charge in [-0.1, -0.05) is 23.4 Å². The second kappa shape index (κ2) is 9.49. The van der Waals surface area contributed by atoms with Gasteiger partial charge in [0.15, 0.2) is 0 Å². The summed E-state index contributed by atoms with van der Waals surface area (Å²) >= 11 is 0. The number of carbonyl (C=O) groups excluding carboxylic acids is 1. The summed E-state index contributed by atoms with van der Waals surface area (Å²) in [5.74, 6) is 0.734. The molecular weight excluding hydrogens is 432 g/mol. The van der Waals surface area contributed by atoms with Gasteiger partial charge in [0, 0.05) is 18.7 Å². The predicted molar refractivity (Wildman–Crippen MR) is 116 cm³/mol. The van der Waals surface area contributed by atoms with E-state index in [1.54, 1.807) is 49.6 Å². The molecule has 1 aliphatic rings. The Bertz CT molecular complexity index is 1160. The molecule has 10 heteroatoms. The number of carbonyl (C=O) groups is 1. The average Bonchev–Trinajstić information content (AvgIpc) is 3.32. The number of nitrogens with one attached hydrogen (secondary N) is 1. The Morgan fingerprint density at radius 3 is 2.66 bits per heavy atom. The molecule has 0 radical (unpaired) electrons. The van der Waals surface area contributed by atoms with E-state index in [0.29, 0.717) is 25.2 Å². The molecule has 0 bridgehead atoms. The third-order valence-electron chi connectivity index (χ3n) is 5.37. The minimum atomic E-state index is -3.62. The zero-order valence-electron chi connectivity index (χ0n) is 17.6. The molecule has 1 aliphatic heterocycles. The molecule has 2 heterocycles. The molecule has 168 valence electrons. The van der Waals surface area contributed by atoms with Crippen molar-refractivity contribution >= 4 is 15.9 Å². The number of hydrogen-bond acceptors (Lipinski definition) is 7. The number of amides is 1. The maximum absolute atomic E-state index is 12.9. The van der Waals surface area contributed by atoms with Gasteiger partial charge in [-0.15, -0.1) is 0 Å². The number of benzene rings is 2. The first-order valence-electron chi connectivity index (χ1n) is 10.3. The van der Waals surface area contributed by atoms with Gasteiger partial charge in [-0.25, -0.2) is 8.42 Å². The molecule has 1 amide bonds. The summed E-state index contributed by atoms with van der Waals surface area (Å²) in [5.41, 5.74) is 0.765. The first-order valence-corrected chi connectivity index (χ1v) is 11.7. The van der Waals surface area contributed by atoms with Crippen LogP contribution in [0.2, 0.25) is 0 Å². The van der Waals surface area contributed by atoms with Gasteiger partial charge in [0.25, 0.3) is 0 Å². The topological polar surface area (TPSA) is 115 Å². The number of methoxy groups -OCH3 is 1. The molecule has 1 atom stereocenters. The summed E-state index contributed by atoms with van der Waals surface area (Å²) in [6, 6.07) is 15.5. The molecule has 3 aromatic rings. The summed E-state index contributed by atoms with van der Waals surface area (Å²) in [6.07, 6.45) is 1.24. The van der Waals surface area contributed by atoms with E-state index in [4.69, 9.17) is 9.26 Å². The fraction of sp³-hybridized carbons (Fsp3) is 0.318. The number of aromatic nitrogens is 2. The molecule has 1 saturated heterocycles. The largest absolute Gasteiger partial charge is 0.497 e. The monoisotopic (exact) mass is 456 g/mol. The summed E-state index contributed by atoms with van der Waals surface area (Å²) in [4.78, 5) is 17.2. The van der Waals surface area contributed by atoms with Gasteiger partial charge in [-0.3, -0.25) is 4.79 Å². The van der Waals surface area contributed by atoms with Crippen molar-refractivity contribution in [1.82, 2.24) is 19.8 Å². The highest BCUT2D eigenvalue weighted by atomic mass is 32.2. The van der Waals surface area contributed by atoms with Crippen molar-refractivity contribution < 1.29 is 22.5 Å². The summed E-state index contributed by atoms with van der Waals surface area (Å²) in [5, 5.41) is 6.73. The van der Waals surface area contributed by atoms with Crippen molar-refractivity contribution in [2.75, 3.05) is 20.2 Å². The number of rotatable bonds is 7. The van der Waals surface area contributed by atoms with Gasteiger partial charge < -0.3 is 14.6 Å². The molecule has 9 nitrogen and oxygen atoms in total. The van der Waals surface area contributed by atoms with Crippen molar-refractivity contribution in [2.24, 2.45) is 5.92 Å². The molecule has 1 N–H and O–H groups in total. The number of hydrogen-bond donors (Lipinski definition) is 1. The zero-order chi connectivity index (χ0) is 22.6. The molecule has 1 aromatic heterocycles. The minimum Gasteiger partial charge on any atom is -0.497 e. The molecule has 1 fully saturated rings. The highest BCUT2D eigenvalue weighted by Crippen LogP contribution is 2.24. The van der Waals surface area contributed by atoms with Crippen LogP contribution >= 0.6 is 0 Å². The van der Waals surface area contributed by atoms with E-state index in [0.717, 1.165) is 11.3 Å². The molecule has 4 rings (SSSR count). The van der Waals surface area contributed by atoms with E-state index >= 15 is 0 Å². The van der Waals surface area contributed by atoms with Crippen LogP contribution in [0.3, 0.4) is 0 Å². The van der Waals surface area contributed by atoms with E-state index in [2.05, 4.69) is 15.5 Å². The Balaban J connectivity index is 1.35. The fourth-order valence-corrected chi connectivity index (χ4v) is 5.15. The molecule has 0 saturated carbocycles. The summed E-state index contributed by atoms with van der Waals surface area (Å²) in [7, 11) is -2.03. The van der Waals surface area contributed by atoms with Crippen molar-refractivity contribution in [3.05, 3.63) is 60.5 Å². The lowest BCUT2D eigenvalue weighted by Gasteiger charge is -2.31. The molecule has 0 spiro atoms. The van der Waals surface area contributed by atoms with Crippen LogP contribution in [0.15, 0.2) is 64.0 Å². The van der Waals surface area contributed by atoms with Crippen LogP contribution in [-0.2, 0) is 21.4 Å². The second-order valence-electron chi connectivity index (χ2n) is 7.47. The first kappa shape index (κ1) is 22.0. The lowest BCUT2D eigenvalue weighted by atomic mass is 9.99. The SMILES string of the molecule is COc1ccc(-c2noc(CNC(=O)[C@H]3CCCN(S(=O)(=O)c4ccccc4)C3)n2)cc1. The molecule has 32 heavy (non-hydrogen) atoms. The Morgan fingerprint density at radius 2 is 1.94 bits per heavy atom. The van der Waals surface area contributed by atoms with Crippen LogP contribution < -0.4 is 10.1 Å². The van der Waals surface area contributed by atoms with Gasteiger partial charge in [-0.2, -0.15) is 9.29 Å². The zero-order valence-corrected chi connectivity index (χ0v) is 18.4. The fourth-order valence-electron chi connectivity index (χ4n) is 3.61. The maximum atomic E-state index is 12.9. The highest BCUT2D eigenvalue weighted by Gasteiger charge is 2.33. The minimum absolute atomic E-state index is 0.0733. The predicted octanol–water partition coefficient (Wildman–Crippen LogP) is 2.46. The third kappa shape index (κ3) is 4.81. The number of sulfonamides is 1. The maximum Gasteiger partial charge on any atom is 0.246 e. The lowest BCUT2D eigenvalue weighted by Crippen LogP contribution is -2.45. The van der Waals surface area contributed by atoms with Crippen molar-refractivity contribution in [1.29, 1.82) is 0 Å². The van der Waals surface area contributed by atoms with Crippen LogP contribution in [0, 0.1) is 5.92 Å². The van der Waals surface area contributed by atoms with E-state index in [9.17, 15) is 13.2 Å². The molecule has 0 aliphatic carbocycles. The normalized spacial score (nSPS) is 17.1. The Hall–Kier alpha value is -3.24. The Kier molecular flexibility index (Phi) is 6.52. The molecule has 0 unspecified atom stereocenters. The van der Waals surface area contributed by atoms with Crippen molar-refractivity contribution in [2.45, 2.75) is 24.3 Å². The number of piperidine rings is 1. The summed E-state index contributed by atoms with van der Waals surface area (Å²) in [6.45, 7) is 0.615. The summed E-state index contributed by atoms with van der Waals surface area (Å²) < 4.78 is 37.5. The lowest BCUT2D eigenvalue weighted by molar-refractivity contribution is -0.126. The standard InChI is InChI=1S/C22H24N4O5S/c1-30-18-11-9-16(10-12-18)21-24-20(31-25-21)14-23-22(27)17-6-5-13-26(15-17)32(28,29)19-7-3-2-4-8-19/h2-4,7-12,17H,5-6,13-15H2,1H3,(H,23,27)/t17-/m0/s1. The van der Waals surface area contributed by atoms with E-state index in [-0.39, 0.29) is 29.8 Å².